The summed E-state index contributed by atoms with van der Waals surface area (Å²) in [6.07, 6.45) is 2.07. The van der Waals surface area contributed by atoms with Crippen LogP contribution in [0.2, 0.25) is 0 Å². The van der Waals surface area contributed by atoms with Gasteiger partial charge in [0.2, 0.25) is 35.4 Å². The fraction of sp³-hybridized carbons (Fsp3) is 0.400. The third-order valence-electron chi connectivity index (χ3n) is 9.00. The van der Waals surface area contributed by atoms with Crippen LogP contribution >= 0.6 is 35.0 Å². The van der Waals surface area contributed by atoms with Crippen molar-refractivity contribution in [2.45, 2.75) is 61.4 Å². The third kappa shape index (κ3) is 13.1. The van der Waals surface area contributed by atoms with Crippen LogP contribution in [0.5, 0.6) is 0 Å². The number of carbonyl (C=O) groups is 6. The number of benzene rings is 3. The van der Waals surface area contributed by atoms with Gasteiger partial charge in [-0.15, -0.1) is 35.0 Å². The van der Waals surface area contributed by atoms with E-state index in [0.717, 1.165) is 21.6 Å². The van der Waals surface area contributed by atoms with E-state index < -0.39 is 76.6 Å². The van der Waals surface area contributed by atoms with Gasteiger partial charge in [0.1, 0.15) is 29.9 Å². The van der Waals surface area contributed by atoms with E-state index in [-0.39, 0.29) is 18.6 Å². The molecule has 16 heteroatoms. The predicted molar refractivity (Wildman–Crippen MR) is 221 cm³/mol. The lowest BCUT2D eigenvalue weighted by atomic mass is 9.84. The summed E-state index contributed by atoms with van der Waals surface area (Å²) in [5.41, 5.74) is 20.0. The molecule has 3 rings (SSSR count). The number of rotatable bonds is 24. The zero-order valence-corrected chi connectivity index (χ0v) is 33.5. The maximum atomic E-state index is 13.7. The van der Waals surface area contributed by atoms with Gasteiger partial charge in [-0.05, 0) is 68.3 Å². The number of hydrogen-bond acceptors (Lipinski definition) is 9. The van der Waals surface area contributed by atoms with Crippen LogP contribution < -0.4 is 33.2 Å². The number of nitrogens with two attached hydrogens (primary N) is 3. The standard InChI is InChI=1S/C40H51Cl2N7O6S/c41-24-35(51)49(36(52)25-42)33(21-11-13-23-44)39(55)48-31(20-10-12-22-43)38(54)46-26-34(50)47-32(37(45)53)27-56-40(28-14-4-1-5-15-28,29-16-6-2-7-17-29)30-18-8-3-9-19-30/h1-9,14-19,31-33H,10-13,20-27,43-44H2,(H2,45,53)(H,46,54)(H,47,50)(H,48,55)/t31-,32-,33-/m0/s1. The second-order valence-corrected chi connectivity index (χ2v) is 14.7. The van der Waals surface area contributed by atoms with Gasteiger partial charge in [0.05, 0.1) is 11.3 Å². The molecule has 9 N–H and O–H groups in total. The number of imide groups is 1. The normalized spacial score (nSPS) is 12.8. The van der Waals surface area contributed by atoms with E-state index in [9.17, 15) is 28.8 Å². The molecule has 0 unspecified atom stereocenters. The maximum absolute atomic E-state index is 13.7. The van der Waals surface area contributed by atoms with Crippen LogP contribution in [0.15, 0.2) is 91.0 Å². The molecular formula is C40H51Cl2N7O6S. The van der Waals surface area contributed by atoms with Crippen molar-refractivity contribution in [1.29, 1.82) is 0 Å². The first kappa shape index (κ1) is 45.9. The van der Waals surface area contributed by atoms with Crippen molar-refractivity contribution in [3.05, 3.63) is 108 Å². The molecule has 3 atom stereocenters. The van der Waals surface area contributed by atoms with Gasteiger partial charge in [0, 0.05) is 5.75 Å². The molecule has 3 aromatic rings. The fourth-order valence-electron chi connectivity index (χ4n) is 6.21. The molecule has 3 aromatic carbocycles. The Morgan fingerprint density at radius 2 is 1.11 bits per heavy atom. The summed E-state index contributed by atoms with van der Waals surface area (Å²) in [4.78, 5) is 79.4. The van der Waals surface area contributed by atoms with Crippen LogP contribution in [0.3, 0.4) is 0 Å². The number of amides is 6. The minimum absolute atomic E-state index is 0.0560. The first-order valence-electron chi connectivity index (χ1n) is 18.4. The minimum Gasteiger partial charge on any atom is -0.368 e. The van der Waals surface area contributed by atoms with Gasteiger partial charge in [-0.1, -0.05) is 91.0 Å². The highest BCUT2D eigenvalue weighted by Gasteiger charge is 2.39. The summed E-state index contributed by atoms with van der Waals surface area (Å²) in [6, 6.07) is 25.9. The Morgan fingerprint density at radius 3 is 1.54 bits per heavy atom. The number of nitrogens with zero attached hydrogens (tertiary/aromatic N) is 1. The number of alkyl halides is 2. The second-order valence-electron chi connectivity index (χ2n) is 12.9. The lowest BCUT2D eigenvalue weighted by Crippen LogP contribution is -2.57. The van der Waals surface area contributed by atoms with E-state index in [2.05, 4.69) is 16.0 Å². The largest absolute Gasteiger partial charge is 0.368 e. The van der Waals surface area contributed by atoms with Crippen molar-refractivity contribution in [3.8, 4) is 0 Å². The van der Waals surface area contributed by atoms with Crippen molar-refractivity contribution >= 4 is 70.4 Å². The fourth-order valence-corrected chi connectivity index (χ4v) is 8.04. The second kappa shape index (κ2) is 24.2. The summed E-state index contributed by atoms with van der Waals surface area (Å²) < 4.78 is -0.786. The molecule has 13 nitrogen and oxygen atoms in total. The summed E-state index contributed by atoms with van der Waals surface area (Å²) >= 11 is 13.0. The zero-order chi connectivity index (χ0) is 40.9. The number of nitrogens with one attached hydrogen (secondary N) is 3. The zero-order valence-electron chi connectivity index (χ0n) is 31.2. The molecule has 0 heterocycles. The molecule has 0 radical (unpaired) electrons. The van der Waals surface area contributed by atoms with Crippen LogP contribution in [-0.2, 0) is 33.5 Å². The molecule has 0 aliphatic rings. The molecule has 56 heavy (non-hydrogen) atoms. The van der Waals surface area contributed by atoms with E-state index in [4.69, 9.17) is 40.4 Å². The van der Waals surface area contributed by atoms with E-state index in [0.29, 0.717) is 38.8 Å². The van der Waals surface area contributed by atoms with Gasteiger partial charge >= 0.3 is 0 Å². The van der Waals surface area contributed by atoms with Gasteiger partial charge in [-0.25, -0.2) is 0 Å². The van der Waals surface area contributed by atoms with Gasteiger partial charge in [0.15, 0.2) is 0 Å². The van der Waals surface area contributed by atoms with E-state index in [1.165, 1.54) is 11.8 Å². The Kier molecular flexibility index (Phi) is 19.9. The molecule has 6 amide bonds. The van der Waals surface area contributed by atoms with Crippen LogP contribution in [0.4, 0.5) is 0 Å². The van der Waals surface area contributed by atoms with Crippen molar-refractivity contribution in [2.75, 3.05) is 37.1 Å². The highest BCUT2D eigenvalue weighted by Crippen LogP contribution is 2.48. The molecule has 0 bridgehead atoms. The average Bonchev–Trinajstić information content (AvgIpc) is 3.22. The number of primary amides is 1. The Bertz CT molecular complexity index is 1610. The van der Waals surface area contributed by atoms with Crippen molar-refractivity contribution in [3.63, 3.8) is 0 Å². The quantitative estimate of drug-likeness (QED) is 0.0444. The first-order chi connectivity index (χ1) is 27.0. The minimum atomic E-state index is -1.31. The van der Waals surface area contributed by atoms with Gasteiger partial charge in [0.25, 0.3) is 0 Å². The molecular weight excluding hydrogens is 777 g/mol. The molecule has 0 aliphatic heterocycles. The van der Waals surface area contributed by atoms with Crippen molar-refractivity contribution < 1.29 is 28.8 Å². The molecule has 0 aromatic heterocycles. The Labute approximate surface area is 342 Å². The molecule has 0 fully saturated rings. The lowest BCUT2D eigenvalue weighted by Gasteiger charge is -2.36. The van der Waals surface area contributed by atoms with E-state index in [1.54, 1.807) is 0 Å². The number of carbonyl (C=O) groups excluding carboxylic acids is 6. The number of hydrogen-bond donors (Lipinski definition) is 6. The smallest absolute Gasteiger partial charge is 0.244 e. The molecule has 0 saturated carbocycles. The molecule has 0 spiro atoms. The monoisotopic (exact) mass is 827 g/mol. The summed E-state index contributed by atoms with van der Waals surface area (Å²) in [6.45, 7) is 0.108. The lowest BCUT2D eigenvalue weighted by molar-refractivity contribution is -0.150. The highest BCUT2D eigenvalue weighted by molar-refractivity contribution is 8.00. The summed E-state index contributed by atoms with van der Waals surface area (Å²) in [5.74, 6) is -5.64. The number of halogens is 2. The van der Waals surface area contributed by atoms with Crippen LogP contribution in [-0.4, -0.2) is 95.6 Å². The van der Waals surface area contributed by atoms with Crippen LogP contribution in [0, 0.1) is 0 Å². The third-order valence-corrected chi connectivity index (χ3v) is 11.1. The topological polar surface area (TPSA) is 220 Å². The van der Waals surface area contributed by atoms with Crippen LogP contribution in [0.25, 0.3) is 0 Å². The molecule has 302 valence electrons. The van der Waals surface area contributed by atoms with Gasteiger partial charge in [-0.2, -0.15) is 0 Å². The van der Waals surface area contributed by atoms with Gasteiger partial charge in [-0.3, -0.25) is 33.7 Å². The SMILES string of the molecule is NCCCC[C@H](NC(=O)[C@H](CCCCN)N(C(=O)CCl)C(=O)CCl)C(=O)NCC(=O)N[C@@H](CSC(c1ccccc1)(c1ccccc1)c1ccccc1)C(N)=O. The first-order valence-corrected chi connectivity index (χ1v) is 20.4. The Hall–Kier alpha value is -4.47. The Balaban J connectivity index is 1.80. The van der Waals surface area contributed by atoms with Crippen molar-refractivity contribution in [2.24, 2.45) is 17.2 Å². The average molecular weight is 829 g/mol. The highest BCUT2D eigenvalue weighted by atomic mass is 35.5. The van der Waals surface area contributed by atoms with Gasteiger partial charge < -0.3 is 33.2 Å². The number of thioether (sulfide) groups is 1. The van der Waals surface area contributed by atoms with Crippen LogP contribution in [0.1, 0.15) is 55.2 Å². The molecule has 0 saturated heterocycles. The van der Waals surface area contributed by atoms with E-state index >= 15 is 0 Å². The van der Waals surface area contributed by atoms with E-state index in [1.807, 2.05) is 91.0 Å². The Morgan fingerprint density at radius 1 is 0.643 bits per heavy atom. The predicted octanol–water partition coefficient (Wildman–Crippen LogP) is 2.74. The van der Waals surface area contributed by atoms with Crippen molar-refractivity contribution in [1.82, 2.24) is 20.9 Å². The number of unbranched alkanes of at least 4 members (excludes halogenated alkanes) is 2. The molecule has 0 aliphatic carbocycles. The summed E-state index contributed by atoms with van der Waals surface area (Å²) in [5, 5.41) is 7.84. The summed E-state index contributed by atoms with van der Waals surface area (Å²) in [7, 11) is 0. The maximum Gasteiger partial charge on any atom is 0.244 e.